The number of nitrogens with one attached hydrogen (secondary N) is 1. The van der Waals surface area contributed by atoms with Gasteiger partial charge >= 0.3 is 0 Å². The summed E-state index contributed by atoms with van der Waals surface area (Å²) in [6.45, 7) is 3.52. The zero-order valence-electron chi connectivity index (χ0n) is 8.78. The molecule has 1 N–H and O–H groups in total. The van der Waals surface area contributed by atoms with Gasteiger partial charge in [0.25, 0.3) is 0 Å². The molecule has 0 saturated heterocycles. The fourth-order valence-corrected chi connectivity index (χ4v) is 2.21. The number of hydrogen-bond donors (Lipinski definition) is 1. The summed E-state index contributed by atoms with van der Waals surface area (Å²) in [5.74, 6) is 0. The van der Waals surface area contributed by atoms with E-state index in [1.165, 1.54) is 32.2 Å². The van der Waals surface area contributed by atoms with Gasteiger partial charge in [-0.1, -0.05) is 18.2 Å². The average Bonchev–Trinajstić information content (AvgIpc) is 2.62. The molecule has 2 aliphatic rings. The highest BCUT2D eigenvalue weighted by Crippen LogP contribution is 2.14. The molecule has 0 aliphatic carbocycles. The largest absolute Gasteiger partial charge is 0.391 e. The summed E-state index contributed by atoms with van der Waals surface area (Å²) in [5.41, 5.74) is 0. The van der Waals surface area contributed by atoms with Gasteiger partial charge in [-0.05, 0) is 38.4 Å². The minimum atomic E-state index is 0.660. The monoisotopic (exact) mass is 192 g/mol. The van der Waals surface area contributed by atoms with Gasteiger partial charge in [0.1, 0.15) is 0 Å². The third-order valence-electron chi connectivity index (χ3n) is 3.05. The second-order valence-electron chi connectivity index (χ2n) is 4.13. The topological polar surface area (TPSA) is 15.3 Å². The van der Waals surface area contributed by atoms with E-state index in [9.17, 15) is 0 Å². The van der Waals surface area contributed by atoms with Crippen molar-refractivity contribution in [3.63, 3.8) is 0 Å². The molecule has 1 atom stereocenters. The maximum atomic E-state index is 3.31. The van der Waals surface area contributed by atoms with E-state index in [0.717, 1.165) is 13.1 Å². The number of nitrogens with zero attached hydrogens (tertiary/aromatic N) is 1. The minimum Gasteiger partial charge on any atom is -0.391 e. The molecule has 0 aromatic rings. The molecule has 0 radical (unpaired) electrons. The van der Waals surface area contributed by atoms with Gasteiger partial charge in [0, 0.05) is 19.1 Å². The Bertz CT molecular complexity index is 220. The Hall–Kier alpha value is -0.760. The van der Waals surface area contributed by atoms with Crippen LogP contribution in [0.2, 0.25) is 0 Å². The molecule has 78 valence electrons. The molecule has 0 aromatic heterocycles. The summed E-state index contributed by atoms with van der Waals surface area (Å²) >= 11 is 0. The Balaban J connectivity index is 1.93. The van der Waals surface area contributed by atoms with Crippen LogP contribution >= 0.6 is 0 Å². The summed E-state index contributed by atoms with van der Waals surface area (Å²) in [6, 6.07) is 0.660. The predicted octanol–water partition coefficient (Wildman–Crippen LogP) is 1.90. The first-order valence-electron chi connectivity index (χ1n) is 5.76. The Morgan fingerprint density at radius 3 is 3.21 bits per heavy atom. The molecule has 2 rings (SSSR count). The first-order chi connectivity index (χ1) is 6.97. The van der Waals surface area contributed by atoms with Crippen LogP contribution in [-0.2, 0) is 0 Å². The zero-order chi connectivity index (χ0) is 9.64. The van der Waals surface area contributed by atoms with Crippen molar-refractivity contribution >= 4 is 0 Å². The van der Waals surface area contributed by atoms with E-state index in [-0.39, 0.29) is 0 Å². The minimum absolute atomic E-state index is 0.660. The van der Waals surface area contributed by atoms with E-state index in [2.05, 4.69) is 34.6 Å². The van der Waals surface area contributed by atoms with Crippen LogP contribution < -0.4 is 5.32 Å². The lowest BCUT2D eigenvalue weighted by Gasteiger charge is -2.26. The fourth-order valence-electron chi connectivity index (χ4n) is 2.21. The maximum absolute atomic E-state index is 3.31. The number of hydrogen-bond acceptors (Lipinski definition) is 2. The molecule has 2 heterocycles. The SMILES string of the molecule is C1=CCN(C2C=CNCCC2)CCC1. The second-order valence-corrected chi connectivity index (χ2v) is 4.13. The first-order valence-corrected chi connectivity index (χ1v) is 5.76. The van der Waals surface area contributed by atoms with E-state index in [1.807, 2.05) is 0 Å². The van der Waals surface area contributed by atoms with Crippen LogP contribution in [-0.4, -0.2) is 30.6 Å². The van der Waals surface area contributed by atoms with Gasteiger partial charge in [0.15, 0.2) is 0 Å². The zero-order valence-corrected chi connectivity index (χ0v) is 8.78. The highest BCUT2D eigenvalue weighted by molar-refractivity contribution is 4.99. The van der Waals surface area contributed by atoms with Crippen molar-refractivity contribution in [2.45, 2.75) is 31.7 Å². The van der Waals surface area contributed by atoms with Crippen LogP contribution in [0.1, 0.15) is 25.7 Å². The standard InChI is InChI=1S/C12H20N2/c1-2-4-11-14(10-3-1)12-6-5-8-13-9-7-12/h1,3,7,9,12-13H,2,4-6,8,10-11H2. The van der Waals surface area contributed by atoms with Gasteiger partial charge in [-0.2, -0.15) is 0 Å². The molecule has 0 amide bonds. The molecule has 0 saturated carbocycles. The van der Waals surface area contributed by atoms with Crippen LogP contribution in [0.3, 0.4) is 0 Å². The van der Waals surface area contributed by atoms with Crippen LogP contribution in [0.15, 0.2) is 24.4 Å². The molecule has 0 spiro atoms. The summed E-state index contributed by atoms with van der Waals surface area (Å²) in [4.78, 5) is 2.59. The third-order valence-corrected chi connectivity index (χ3v) is 3.05. The predicted molar refractivity (Wildman–Crippen MR) is 60.1 cm³/mol. The van der Waals surface area contributed by atoms with Crippen molar-refractivity contribution in [1.29, 1.82) is 0 Å². The lowest BCUT2D eigenvalue weighted by atomic mass is 10.1. The van der Waals surface area contributed by atoms with Gasteiger partial charge < -0.3 is 5.32 Å². The summed E-state index contributed by atoms with van der Waals surface area (Å²) in [6.07, 6.45) is 14.3. The van der Waals surface area contributed by atoms with Gasteiger partial charge in [-0.25, -0.2) is 0 Å². The van der Waals surface area contributed by atoms with Crippen LogP contribution in [0.5, 0.6) is 0 Å². The van der Waals surface area contributed by atoms with Crippen molar-refractivity contribution in [3.05, 3.63) is 24.4 Å². The molecule has 0 bridgehead atoms. The Kier molecular flexibility index (Phi) is 3.64. The normalized spacial score (nSPS) is 29.3. The fraction of sp³-hybridized carbons (Fsp3) is 0.667. The third kappa shape index (κ3) is 2.61. The van der Waals surface area contributed by atoms with Crippen LogP contribution in [0, 0.1) is 0 Å². The van der Waals surface area contributed by atoms with Gasteiger partial charge in [0.2, 0.25) is 0 Å². The number of rotatable bonds is 1. The highest BCUT2D eigenvalue weighted by Gasteiger charge is 2.16. The first kappa shape index (κ1) is 9.78. The summed E-state index contributed by atoms with van der Waals surface area (Å²) in [7, 11) is 0. The summed E-state index contributed by atoms with van der Waals surface area (Å²) in [5, 5.41) is 3.31. The van der Waals surface area contributed by atoms with Crippen LogP contribution in [0.4, 0.5) is 0 Å². The quantitative estimate of drug-likeness (QED) is 0.638. The van der Waals surface area contributed by atoms with Crippen molar-refractivity contribution in [3.8, 4) is 0 Å². The van der Waals surface area contributed by atoms with E-state index >= 15 is 0 Å². The number of allylic oxidation sites excluding steroid dienone is 1. The smallest absolute Gasteiger partial charge is 0.0298 e. The Morgan fingerprint density at radius 2 is 2.21 bits per heavy atom. The molecule has 2 heteroatoms. The van der Waals surface area contributed by atoms with Crippen molar-refractivity contribution in [1.82, 2.24) is 10.2 Å². The van der Waals surface area contributed by atoms with Gasteiger partial charge in [0.05, 0.1) is 0 Å². The van der Waals surface area contributed by atoms with Crippen molar-refractivity contribution in [2.24, 2.45) is 0 Å². The van der Waals surface area contributed by atoms with E-state index < -0.39 is 0 Å². The second kappa shape index (κ2) is 5.20. The Morgan fingerprint density at radius 1 is 1.21 bits per heavy atom. The molecule has 0 fully saturated rings. The molecule has 0 aromatic carbocycles. The Labute approximate surface area is 86.7 Å². The van der Waals surface area contributed by atoms with E-state index in [0.29, 0.717) is 6.04 Å². The van der Waals surface area contributed by atoms with E-state index in [1.54, 1.807) is 0 Å². The molecule has 2 aliphatic heterocycles. The maximum Gasteiger partial charge on any atom is 0.0298 e. The molecular weight excluding hydrogens is 172 g/mol. The van der Waals surface area contributed by atoms with E-state index in [4.69, 9.17) is 0 Å². The lowest BCUT2D eigenvalue weighted by Crippen LogP contribution is -2.34. The van der Waals surface area contributed by atoms with Crippen molar-refractivity contribution in [2.75, 3.05) is 19.6 Å². The van der Waals surface area contributed by atoms with Gasteiger partial charge in [-0.15, -0.1) is 0 Å². The molecule has 2 nitrogen and oxygen atoms in total. The molecular formula is C12H20N2. The van der Waals surface area contributed by atoms with Crippen LogP contribution in [0.25, 0.3) is 0 Å². The summed E-state index contributed by atoms with van der Waals surface area (Å²) < 4.78 is 0. The molecule has 1 unspecified atom stereocenters. The van der Waals surface area contributed by atoms with Gasteiger partial charge in [-0.3, -0.25) is 4.90 Å². The average molecular weight is 192 g/mol. The lowest BCUT2D eigenvalue weighted by molar-refractivity contribution is 0.244. The highest BCUT2D eigenvalue weighted by atomic mass is 15.1. The van der Waals surface area contributed by atoms with Crippen molar-refractivity contribution < 1.29 is 0 Å². The molecule has 14 heavy (non-hydrogen) atoms.